The summed E-state index contributed by atoms with van der Waals surface area (Å²) in [6.07, 6.45) is 2.46. The molecule has 17 heavy (non-hydrogen) atoms. The van der Waals surface area contributed by atoms with Gasteiger partial charge in [-0.1, -0.05) is 6.07 Å². The fraction of sp³-hybridized carbons (Fsp3) is 0.500. The van der Waals surface area contributed by atoms with Crippen LogP contribution in [0.25, 0.3) is 0 Å². The predicted molar refractivity (Wildman–Crippen MR) is 64.6 cm³/mol. The van der Waals surface area contributed by atoms with Crippen molar-refractivity contribution >= 4 is 5.91 Å². The summed E-state index contributed by atoms with van der Waals surface area (Å²) in [5, 5.41) is 11.5. The molecule has 0 aliphatic rings. The molecule has 94 valence electrons. The van der Waals surface area contributed by atoms with E-state index in [0.717, 1.165) is 0 Å². The quantitative estimate of drug-likeness (QED) is 0.739. The average Bonchev–Trinajstić information content (AvgIpc) is 2.28. The van der Waals surface area contributed by atoms with Gasteiger partial charge in [0.1, 0.15) is 0 Å². The van der Waals surface area contributed by atoms with Crippen molar-refractivity contribution in [2.75, 3.05) is 6.61 Å². The number of rotatable bonds is 6. The molecule has 0 aliphatic carbocycles. The minimum absolute atomic E-state index is 0.0417. The molecule has 0 aromatic carbocycles. The number of amides is 1. The second-order valence-electron chi connectivity index (χ2n) is 3.96. The topological polar surface area (TPSA) is 71.3 Å². The summed E-state index contributed by atoms with van der Waals surface area (Å²) in [4.78, 5) is 22.9. The second kappa shape index (κ2) is 6.85. The molecule has 5 nitrogen and oxygen atoms in total. The van der Waals surface area contributed by atoms with Crippen molar-refractivity contribution in [2.45, 2.75) is 32.4 Å². The van der Waals surface area contributed by atoms with Crippen LogP contribution in [0.1, 0.15) is 19.8 Å². The Morgan fingerprint density at radius 3 is 2.94 bits per heavy atom. The van der Waals surface area contributed by atoms with E-state index < -0.39 is 0 Å². The van der Waals surface area contributed by atoms with Gasteiger partial charge in [0.15, 0.2) is 0 Å². The maximum absolute atomic E-state index is 11.5. The maximum atomic E-state index is 11.5. The Hall–Kier alpha value is -1.62. The van der Waals surface area contributed by atoms with E-state index in [0.29, 0.717) is 13.0 Å². The van der Waals surface area contributed by atoms with E-state index in [1.807, 2.05) is 6.92 Å². The molecule has 1 rings (SSSR count). The van der Waals surface area contributed by atoms with Crippen molar-refractivity contribution in [3.05, 3.63) is 34.7 Å². The van der Waals surface area contributed by atoms with Gasteiger partial charge in [-0.15, -0.1) is 0 Å². The molecule has 0 bridgehead atoms. The van der Waals surface area contributed by atoms with Crippen molar-refractivity contribution in [3.63, 3.8) is 0 Å². The number of aryl methyl sites for hydroxylation is 1. The van der Waals surface area contributed by atoms with Gasteiger partial charge in [0.2, 0.25) is 5.91 Å². The molecule has 2 N–H and O–H groups in total. The average molecular weight is 238 g/mol. The van der Waals surface area contributed by atoms with Crippen LogP contribution in [0.5, 0.6) is 0 Å². The lowest BCUT2D eigenvalue weighted by Crippen LogP contribution is -2.34. The molecule has 0 saturated heterocycles. The van der Waals surface area contributed by atoms with Crippen LogP contribution in [-0.2, 0) is 11.3 Å². The number of carbonyl (C=O) groups excluding carboxylic acids is 1. The smallest absolute Gasteiger partial charge is 0.250 e. The molecule has 1 unspecified atom stereocenters. The third-order valence-electron chi connectivity index (χ3n) is 2.45. The van der Waals surface area contributed by atoms with E-state index in [9.17, 15) is 9.59 Å². The summed E-state index contributed by atoms with van der Waals surface area (Å²) in [6.45, 7) is 2.26. The summed E-state index contributed by atoms with van der Waals surface area (Å²) in [5.41, 5.74) is -0.108. The lowest BCUT2D eigenvalue weighted by molar-refractivity contribution is -0.122. The number of aliphatic hydroxyl groups is 1. The minimum Gasteiger partial charge on any atom is -0.396 e. The summed E-state index contributed by atoms with van der Waals surface area (Å²) in [7, 11) is 0. The van der Waals surface area contributed by atoms with Gasteiger partial charge in [-0.25, -0.2) is 0 Å². The predicted octanol–water partition coefficient (Wildman–Crippen LogP) is 0.125. The highest BCUT2D eigenvalue weighted by atomic mass is 16.3. The Kier molecular flexibility index (Phi) is 5.42. The van der Waals surface area contributed by atoms with Gasteiger partial charge in [-0.05, 0) is 19.4 Å². The van der Waals surface area contributed by atoms with Gasteiger partial charge in [-0.3, -0.25) is 9.59 Å². The van der Waals surface area contributed by atoms with Crippen LogP contribution in [-0.4, -0.2) is 28.2 Å². The van der Waals surface area contributed by atoms with Crippen LogP contribution in [0.15, 0.2) is 29.2 Å². The molecule has 5 heteroatoms. The van der Waals surface area contributed by atoms with Crippen molar-refractivity contribution in [3.8, 4) is 0 Å². The Labute approximate surface area is 100 Å². The molecule has 1 aromatic heterocycles. The molecule has 1 heterocycles. The summed E-state index contributed by atoms with van der Waals surface area (Å²) in [6, 6.07) is 4.85. The number of carbonyl (C=O) groups is 1. The van der Waals surface area contributed by atoms with Gasteiger partial charge >= 0.3 is 0 Å². The summed E-state index contributed by atoms with van der Waals surface area (Å²) >= 11 is 0. The molecule has 0 saturated carbocycles. The summed E-state index contributed by atoms with van der Waals surface area (Å²) in [5.74, 6) is -0.110. The van der Waals surface area contributed by atoms with Crippen LogP contribution in [0.3, 0.4) is 0 Å². The van der Waals surface area contributed by atoms with Crippen LogP contribution in [0.2, 0.25) is 0 Å². The molecule has 0 aliphatic heterocycles. The van der Waals surface area contributed by atoms with Gasteiger partial charge in [0.05, 0.1) is 0 Å². The van der Waals surface area contributed by atoms with Crippen molar-refractivity contribution < 1.29 is 9.90 Å². The Morgan fingerprint density at radius 1 is 1.53 bits per heavy atom. The molecule has 1 amide bonds. The normalized spacial score (nSPS) is 12.1. The first-order chi connectivity index (χ1) is 8.13. The van der Waals surface area contributed by atoms with Gasteiger partial charge in [-0.2, -0.15) is 0 Å². The van der Waals surface area contributed by atoms with Crippen LogP contribution < -0.4 is 10.9 Å². The highest BCUT2D eigenvalue weighted by Gasteiger charge is 2.06. The van der Waals surface area contributed by atoms with Crippen molar-refractivity contribution in [1.82, 2.24) is 9.88 Å². The molecule has 1 aromatic rings. The number of aromatic nitrogens is 1. The van der Waals surface area contributed by atoms with E-state index in [-0.39, 0.29) is 30.5 Å². The SMILES string of the molecule is CC(CCO)NC(=O)CCn1ccccc1=O. The maximum Gasteiger partial charge on any atom is 0.250 e. The first kappa shape index (κ1) is 13.4. The van der Waals surface area contributed by atoms with Crippen molar-refractivity contribution in [2.24, 2.45) is 0 Å². The molecular weight excluding hydrogens is 220 g/mol. The zero-order valence-corrected chi connectivity index (χ0v) is 9.93. The van der Waals surface area contributed by atoms with E-state index in [4.69, 9.17) is 5.11 Å². The monoisotopic (exact) mass is 238 g/mol. The highest BCUT2D eigenvalue weighted by Crippen LogP contribution is 1.92. The lowest BCUT2D eigenvalue weighted by atomic mass is 10.2. The number of aliphatic hydroxyl groups excluding tert-OH is 1. The molecule has 0 fully saturated rings. The first-order valence-electron chi connectivity index (χ1n) is 5.69. The van der Waals surface area contributed by atoms with E-state index >= 15 is 0 Å². The fourth-order valence-electron chi connectivity index (χ4n) is 1.48. The van der Waals surface area contributed by atoms with Gasteiger partial charge < -0.3 is 15.0 Å². The molecule has 1 atom stereocenters. The second-order valence-corrected chi connectivity index (χ2v) is 3.96. The van der Waals surface area contributed by atoms with Gasteiger partial charge in [0, 0.05) is 37.9 Å². The Morgan fingerprint density at radius 2 is 2.29 bits per heavy atom. The molecule has 0 spiro atoms. The number of nitrogens with zero attached hydrogens (tertiary/aromatic N) is 1. The first-order valence-corrected chi connectivity index (χ1v) is 5.69. The molecule has 0 radical (unpaired) electrons. The zero-order chi connectivity index (χ0) is 12.7. The van der Waals surface area contributed by atoms with E-state index in [2.05, 4.69) is 5.32 Å². The van der Waals surface area contributed by atoms with Crippen molar-refractivity contribution in [1.29, 1.82) is 0 Å². The number of pyridine rings is 1. The largest absolute Gasteiger partial charge is 0.396 e. The van der Waals surface area contributed by atoms with E-state index in [1.54, 1.807) is 18.3 Å². The number of nitrogens with one attached hydrogen (secondary N) is 1. The standard InChI is InChI=1S/C12H18N2O3/c1-10(6-9-15)13-11(16)5-8-14-7-3-2-4-12(14)17/h2-4,7,10,15H,5-6,8-9H2,1H3,(H,13,16). The van der Waals surface area contributed by atoms with E-state index in [1.165, 1.54) is 10.6 Å². The Bertz CT molecular complexity index is 414. The highest BCUT2D eigenvalue weighted by molar-refractivity contribution is 5.76. The third-order valence-corrected chi connectivity index (χ3v) is 2.45. The summed E-state index contributed by atoms with van der Waals surface area (Å²) < 4.78 is 1.50. The fourth-order valence-corrected chi connectivity index (χ4v) is 1.48. The lowest BCUT2D eigenvalue weighted by Gasteiger charge is -2.12. The van der Waals surface area contributed by atoms with Crippen LogP contribution in [0, 0.1) is 0 Å². The van der Waals surface area contributed by atoms with Crippen LogP contribution in [0.4, 0.5) is 0 Å². The number of hydrogen-bond donors (Lipinski definition) is 2. The number of hydrogen-bond acceptors (Lipinski definition) is 3. The molecular formula is C12H18N2O3. The van der Waals surface area contributed by atoms with Crippen LogP contribution >= 0.6 is 0 Å². The Balaban J connectivity index is 2.38. The minimum atomic E-state index is -0.110. The zero-order valence-electron chi connectivity index (χ0n) is 9.93. The van der Waals surface area contributed by atoms with Gasteiger partial charge in [0.25, 0.3) is 5.56 Å². The third kappa shape index (κ3) is 4.82.